The molecule has 0 saturated heterocycles. The molecule has 4 rings (SSSR count). The molecule has 4 nitrogen and oxygen atoms in total. The highest BCUT2D eigenvalue weighted by atomic mass is 16.3. The van der Waals surface area contributed by atoms with Crippen molar-refractivity contribution < 1.29 is 9.21 Å². The van der Waals surface area contributed by atoms with Gasteiger partial charge in [0.2, 0.25) is 0 Å². The second kappa shape index (κ2) is 4.20. The predicted octanol–water partition coefficient (Wildman–Crippen LogP) is 3.03. The van der Waals surface area contributed by atoms with Crippen LogP contribution in [0.4, 0.5) is 5.69 Å². The van der Waals surface area contributed by atoms with Crippen LogP contribution in [0, 0.1) is 0 Å². The Morgan fingerprint density at radius 3 is 3.05 bits per heavy atom. The van der Waals surface area contributed by atoms with E-state index in [1.54, 1.807) is 12.1 Å². The fourth-order valence-electron chi connectivity index (χ4n) is 2.69. The number of rotatable bonds is 1. The smallest absolute Gasteiger partial charge is 0.258 e. The third kappa shape index (κ3) is 1.61. The van der Waals surface area contributed by atoms with Crippen LogP contribution in [0.1, 0.15) is 15.9 Å². The average molecular weight is 264 g/mol. The first-order chi connectivity index (χ1) is 9.83. The Bertz CT molecular complexity index is 807. The summed E-state index contributed by atoms with van der Waals surface area (Å²) < 4.78 is 5.26. The minimum absolute atomic E-state index is 0.00764. The van der Waals surface area contributed by atoms with Gasteiger partial charge < -0.3 is 9.32 Å². The maximum Gasteiger partial charge on any atom is 0.258 e. The third-order valence-electron chi connectivity index (χ3n) is 3.71. The van der Waals surface area contributed by atoms with Crippen LogP contribution < -0.4 is 4.90 Å². The van der Waals surface area contributed by atoms with E-state index < -0.39 is 0 Å². The summed E-state index contributed by atoms with van der Waals surface area (Å²) in [5, 5.41) is 0. The lowest BCUT2D eigenvalue weighted by Gasteiger charge is -2.17. The molecule has 1 aliphatic heterocycles. The van der Waals surface area contributed by atoms with Gasteiger partial charge in [0, 0.05) is 17.8 Å². The number of nitrogens with zero attached hydrogens (tertiary/aromatic N) is 2. The Balaban J connectivity index is 1.74. The van der Waals surface area contributed by atoms with Gasteiger partial charge in [-0.2, -0.15) is 0 Å². The maximum atomic E-state index is 12.6. The van der Waals surface area contributed by atoms with Crippen molar-refractivity contribution in [2.45, 2.75) is 6.42 Å². The van der Waals surface area contributed by atoms with E-state index in [-0.39, 0.29) is 5.91 Å². The summed E-state index contributed by atoms with van der Waals surface area (Å²) in [4.78, 5) is 18.5. The highest BCUT2D eigenvalue weighted by molar-refractivity contribution is 6.08. The van der Waals surface area contributed by atoms with Crippen LogP contribution >= 0.6 is 0 Å². The summed E-state index contributed by atoms with van der Waals surface area (Å²) in [6, 6.07) is 13.4. The molecule has 3 aromatic rings. The van der Waals surface area contributed by atoms with E-state index >= 15 is 0 Å². The number of hydrogen-bond donors (Lipinski definition) is 0. The summed E-state index contributed by atoms with van der Waals surface area (Å²) in [5.74, 6) is 0.00764. The molecule has 98 valence electrons. The summed E-state index contributed by atoms with van der Waals surface area (Å²) in [6.45, 7) is 0.729. The Morgan fingerprint density at radius 2 is 2.10 bits per heavy atom. The molecule has 4 heteroatoms. The van der Waals surface area contributed by atoms with Crippen molar-refractivity contribution in [2.24, 2.45) is 0 Å². The minimum atomic E-state index is 0.00764. The van der Waals surface area contributed by atoms with Gasteiger partial charge in [-0.25, -0.2) is 4.98 Å². The Morgan fingerprint density at radius 1 is 1.20 bits per heavy atom. The van der Waals surface area contributed by atoms with Gasteiger partial charge in [-0.1, -0.05) is 18.2 Å². The Hall–Kier alpha value is -2.62. The van der Waals surface area contributed by atoms with Gasteiger partial charge in [0.25, 0.3) is 5.91 Å². The molecule has 0 aliphatic carbocycles. The first kappa shape index (κ1) is 11.2. The SMILES string of the molecule is O=C(c1ccc2ncoc2c1)N1CCc2ccccc21. The van der Waals surface area contributed by atoms with Crippen LogP contribution in [0.3, 0.4) is 0 Å². The van der Waals surface area contributed by atoms with Gasteiger partial charge in [0.05, 0.1) is 0 Å². The fraction of sp³-hybridized carbons (Fsp3) is 0.125. The van der Waals surface area contributed by atoms with Crippen molar-refractivity contribution in [3.8, 4) is 0 Å². The molecule has 1 aliphatic rings. The van der Waals surface area contributed by atoms with Crippen LogP contribution in [-0.4, -0.2) is 17.4 Å². The summed E-state index contributed by atoms with van der Waals surface area (Å²) in [5.41, 5.74) is 4.27. The molecule has 0 atom stereocenters. The molecule has 2 aromatic carbocycles. The first-order valence-corrected chi connectivity index (χ1v) is 6.56. The zero-order valence-electron chi connectivity index (χ0n) is 10.7. The number of anilines is 1. The van der Waals surface area contributed by atoms with Gasteiger partial charge in [-0.15, -0.1) is 0 Å². The number of oxazole rings is 1. The second-order valence-electron chi connectivity index (χ2n) is 4.87. The van der Waals surface area contributed by atoms with Gasteiger partial charge in [-0.3, -0.25) is 4.79 Å². The van der Waals surface area contributed by atoms with E-state index in [9.17, 15) is 4.79 Å². The Labute approximate surface area is 115 Å². The lowest BCUT2D eigenvalue weighted by Crippen LogP contribution is -2.28. The third-order valence-corrected chi connectivity index (χ3v) is 3.71. The van der Waals surface area contributed by atoms with Crippen LogP contribution in [0.25, 0.3) is 11.1 Å². The molecule has 0 spiro atoms. The highest BCUT2D eigenvalue weighted by Crippen LogP contribution is 2.29. The number of carbonyl (C=O) groups is 1. The molecule has 0 radical (unpaired) electrons. The van der Waals surface area contributed by atoms with Crippen LogP contribution in [0.2, 0.25) is 0 Å². The zero-order valence-corrected chi connectivity index (χ0v) is 10.7. The molecule has 20 heavy (non-hydrogen) atoms. The monoisotopic (exact) mass is 264 g/mol. The number of hydrogen-bond acceptors (Lipinski definition) is 3. The van der Waals surface area contributed by atoms with E-state index in [2.05, 4.69) is 11.1 Å². The van der Waals surface area contributed by atoms with Crippen molar-refractivity contribution in [3.05, 3.63) is 60.0 Å². The number of amides is 1. The normalized spacial score (nSPS) is 13.7. The average Bonchev–Trinajstić information content (AvgIpc) is 3.12. The predicted molar refractivity (Wildman–Crippen MR) is 75.8 cm³/mol. The molecule has 2 heterocycles. The second-order valence-corrected chi connectivity index (χ2v) is 4.87. The van der Waals surface area contributed by atoms with Crippen LogP contribution in [-0.2, 0) is 6.42 Å². The van der Waals surface area contributed by atoms with Crippen LogP contribution in [0.5, 0.6) is 0 Å². The highest BCUT2D eigenvalue weighted by Gasteiger charge is 2.25. The van der Waals surface area contributed by atoms with Gasteiger partial charge in [0.15, 0.2) is 12.0 Å². The number of para-hydroxylation sites is 1. The van der Waals surface area contributed by atoms with E-state index in [0.29, 0.717) is 11.1 Å². The fourth-order valence-corrected chi connectivity index (χ4v) is 2.69. The van der Waals surface area contributed by atoms with E-state index in [1.807, 2.05) is 29.2 Å². The number of fused-ring (bicyclic) bond motifs is 2. The summed E-state index contributed by atoms with van der Waals surface area (Å²) in [7, 11) is 0. The quantitative estimate of drug-likeness (QED) is 0.678. The van der Waals surface area contributed by atoms with E-state index in [0.717, 1.165) is 24.2 Å². The Kier molecular flexibility index (Phi) is 2.36. The first-order valence-electron chi connectivity index (χ1n) is 6.56. The molecule has 0 bridgehead atoms. The lowest BCUT2D eigenvalue weighted by molar-refractivity contribution is 0.0989. The van der Waals surface area contributed by atoms with Crippen molar-refractivity contribution >= 4 is 22.7 Å². The molecule has 1 amide bonds. The van der Waals surface area contributed by atoms with E-state index in [1.165, 1.54) is 12.0 Å². The molecular formula is C16H12N2O2. The van der Waals surface area contributed by atoms with Gasteiger partial charge in [-0.05, 0) is 36.2 Å². The van der Waals surface area contributed by atoms with Crippen LogP contribution in [0.15, 0.2) is 53.3 Å². The minimum Gasteiger partial charge on any atom is -0.443 e. The van der Waals surface area contributed by atoms with Crippen molar-refractivity contribution in [1.82, 2.24) is 4.98 Å². The summed E-state index contributed by atoms with van der Waals surface area (Å²) >= 11 is 0. The van der Waals surface area contributed by atoms with E-state index in [4.69, 9.17) is 4.42 Å². The molecular weight excluding hydrogens is 252 g/mol. The molecule has 1 aromatic heterocycles. The topological polar surface area (TPSA) is 46.3 Å². The number of carbonyl (C=O) groups excluding carboxylic acids is 1. The molecule has 0 saturated carbocycles. The van der Waals surface area contributed by atoms with Gasteiger partial charge >= 0.3 is 0 Å². The zero-order chi connectivity index (χ0) is 13.5. The standard InChI is InChI=1S/C16H12N2O2/c19-16(12-5-6-13-15(9-12)20-10-17-13)18-8-7-11-3-1-2-4-14(11)18/h1-6,9-10H,7-8H2. The maximum absolute atomic E-state index is 12.6. The van der Waals surface area contributed by atoms with Gasteiger partial charge in [0.1, 0.15) is 5.52 Å². The lowest BCUT2D eigenvalue weighted by atomic mass is 10.1. The van der Waals surface area contributed by atoms with Crippen molar-refractivity contribution in [3.63, 3.8) is 0 Å². The molecule has 0 fully saturated rings. The summed E-state index contributed by atoms with van der Waals surface area (Å²) in [6.07, 6.45) is 2.30. The van der Waals surface area contributed by atoms with Crippen molar-refractivity contribution in [1.29, 1.82) is 0 Å². The largest absolute Gasteiger partial charge is 0.443 e. The molecule has 0 unspecified atom stereocenters. The van der Waals surface area contributed by atoms with Crippen molar-refractivity contribution in [2.75, 3.05) is 11.4 Å². The molecule has 0 N–H and O–H groups in total. The number of aromatic nitrogens is 1. The number of benzene rings is 2.